The Kier molecular flexibility index (Phi) is 3.93. The average molecular weight is 332 g/mol. The van der Waals surface area contributed by atoms with Gasteiger partial charge in [-0.05, 0) is 18.9 Å². The Balaban J connectivity index is 1.68. The van der Waals surface area contributed by atoms with Gasteiger partial charge in [-0.25, -0.2) is 4.98 Å². The summed E-state index contributed by atoms with van der Waals surface area (Å²) in [7, 11) is 1.94. The first-order valence-corrected chi connectivity index (χ1v) is 8.33. The fourth-order valence-electron chi connectivity index (χ4n) is 2.96. The molecular weight excluding hydrogens is 312 g/mol. The standard InChI is InChI=1S/C19H20N6/c1-14-16(12-22-24(14)2)18-19(25-11-10-20-13-17(25)23-18)21-9-8-15-6-4-3-5-7-15/h3-7,10-13,21H,8-9H2,1-2H3. The average Bonchev–Trinajstić information content (AvgIpc) is 3.17. The van der Waals surface area contributed by atoms with E-state index in [1.165, 1.54) is 5.56 Å². The fourth-order valence-corrected chi connectivity index (χ4v) is 2.96. The van der Waals surface area contributed by atoms with Crippen molar-refractivity contribution in [3.63, 3.8) is 0 Å². The van der Waals surface area contributed by atoms with E-state index in [-0.39, 0.29) is 0 Å². The topological polar surface area (TPSA) is 60.0 Å². The van der Waals surface area contributed by atoms with E-state index in [2.05, 4.69) is 46.6 Å². The lowest BCUT2D eigenvalue weighted by Gasteiger charge is -2.09. The van der Waals surface area contributed by atoms with Crippen LogP contribution in [0.4, 0.5) is 5.82 Å². The molecule has 0 aliphatic carbocycles. The summed E-state index contributed by atoms with van der Waals surface area (Å²) in [6, 6.07) is 10.5. The van der Waals surface area contributed by atoms with Crippen LogP contribution in [0, 0.1) is 6.92 Å². The predicted octanol–water partition coefficient (Wildman–Crippen LogP) is 3.09. The van der Waals surface area contributed by atoms with Gasteiger partial charge in [0, 0.05) is 37.2 Å². The Morgan fingerprint density at radius 1 is 1.12 bits per heavy atom. The normalized spacial score (nSPS) is 11.1. The molecule has 0 spiro atoms. The van der Waals surface area contributed by atoms with Crippen LogP contribution in [0.25, 0.3) is 16.9 Å². The van der Waals surface area contributed by atoms with Crippen molar-refractivity contribution in [2.75, 3.05) is 11.9 Å². The van der Waals surface area contributed by atoms with Crippen LogP contribution in [0.1, 0.15) is 11.3 Å². The third-order valence-electron chi connectivity index (χ3n) is 4.47. The molecule has 0 saturated carbocycles. The molecule has 1 N–H and O–H groups in total. The molecule has 4 aromatic rings. The molecule has 0 aliphatic rings. The van der Waals surface area contributed by atoms with E-state index >= 15 is 0 Å². The molecule has 6 nitrogen and oxygen atoms in total. The zero-order chi connectivity index (χ0) is 17.2. The number of aromatic nitrogens is 5. The van der Waals surface area contributed by atoms with Gasteiger partial charge in [-0.15, -0.1) is 0 Å². The lowest BCUT2D eigenvalue weighted by Crippen LogP contribution is -2.08. The van der Waals surface area contributed by atoms with Crippen LogP contribution in [0.15, 0.2) is 55.1 Å². The second kappa shape index (κ2) is 6.39. The van der Waals surface area contributed by atoms with Crippen LogP contribution >= 0.6 is 0 Å². The summed E-state index contributed by atoms with van der Waals surface area (Å²) in [5.74, 6) is 0.976. The number of benzene rings is 1. The van der Waals surface area contributed by atoms with Gasteiger partial charge in [0.2, 0.25) is 0 Å². The Bertz CT molecular complexity index is 999. The molecule has 1 aromatic carbocycles. The van der Waals surface area contributed by atoms with Crippen molar-refractivity contribution in [2.24, 2.45) is 7.05 Å². The van der Waals surface area contributed by atoms with Crippen LogP contribution in [0.3, 0.4) is 0 Å². The van der Waals surface area contributed by atoms with Crippen LogP contribution in [0.5, 0.6) is 0 Å². The summed E-state index contributed by atoms with van der Waals surface area (Å²) in [4.78, 5) is 8.95. The van der Waals surface area contributed by atoms with E-state index in [1.807, 2.05) is 34.6 Å². The van der Waals surface area contributed by atoms with Crippen molar-refractivity contribution in [3.8, 4) is 11.3 Å². The minimum Gasteiger partial charge on any atom is -0.369 e. The van der Waals surface area contributed by atoms with E-state index in [1.54, 1.807) is 12.4 Å². The van der Waals surface area contributed by atoms with Crippen LogP contribution in [-0.2, 0) is 13.5 Å². The summed E-state index contributed by atoms with van der Waals surface area (Å²) in [6.07, 6.45) is 8.30. The number of fused-ring (bicyclic) bond motifs is 1. The summed E-state index contributed by atoms with van der Waals surface area (Å²) in [6.45, 7) is 2.88. The molecule has 25 heavy (non-hydrogen) atoms. The van der Waals surface area contributed by atoms with Gasteiger partial charge in [-0.2, -0.15) is 5.10 Å². The highest BCUT2D eigenvalue weighted by molar-refractivity contribution is 5.77. The zero-order valence-electron chi connectivity index (χ0n) is 14.3. The SMILES string of the molecule is Cc1c(-c2nc3cnccn3c2NCCc2ccccc2)cnn1C. The van der Waals surface area contributed by atoms with Crippen LogP contribution in [-0.4, -0.2) is 30.7 Å². The maximum atomic E-state index is 4.77. The van der Waals surface area contributed by atoms with Crippen molar-refractivity contribution in [1.29, 1.82) is 0 Å². The first kappa shape index (κ1) is 15.4. The summed E-state index contributed by atoms with van der Waals surface area (Å²) >= 11 is 0. The quantitative estimate of drug-likeness (QED) is 0.610. The number of anilines is 1. The zero-order valence-corrected chi connectivity index (χ0v) is 14.3. The van der Waals surface area contributed by atoms with Crippen molar-refractivity contribution in [3.05, 3.63) is 66.4 Å². The van der Waals surface area contributed by atoms with Gasteiger partial charge in [0.1, 0.15) is 11.5 Å². The molecule has 0 unspecified atom stereocenters. The summed E-state index contributed by atoms with van der Waals surface area (Å²) in [5.41, 5.74) is 5.16. The number of nitrogens with zero attached hydrogens (tertiary/aromatic N) is 5. The molecule has 0 saturated heterocycles. The molecule has 3 aromatic heterocycles. The van der Waals surface area contributed by atoms with Gasteiger partial charge in [0.05, 0.1) is 12.4 Å². The predicted molar refractivity (Wildman–Crippen MR) is 98.6 cm³/mol. The minimum absolute atomic E-state index is 0.822. The molecule has 0 aliphatic heterocycles. The highest BCUT2D eigenvalue weighted by Gasteiger charge is 2.17. The van der Waals surface area contributed by atoms with Crippen LogP contribution in [0.2, 0.25) is 0 Å². The van der Waals surface area contributed by atoms with E-state index in [0.29, 0.717) is 0 Å². The molecule has 0 bridgehead atoms. The van der Waals surface area contributed by atoms with Gasteiger partial charge < -0.3 is 5.32 Å². The van der Waals surface area contributed by atoms with E-state index in [0.717, 1.165) is 41.4 Å². The molecule has 6 heteroatoms. The molecule has 0 amide bonds. The highest BCUT2D eigenvalue weighted by Crippen LogP contribution is 2.30. The Hall–Kier alpha value is -3.15. The van der Waals surface area contributed by atoms with Gasteiger partial charge in [0.25, 0.3) is 0 Å². The maximum absolute atomic E-state index is 4.77. The van der Waals surface area contributed by atoms with Crippen molar-refractivity contribution >= 4 is 11.5 Å². The number of hydrogen-bond acceptors (Lipinski definition) is 4. The smallest absolute Gasteiger partial charge is 0.157 e. The second-order valence-corrected chi connectivity index (χ2v) is 6.04. The number of rotatable bonds is 5. The second-order valence-electron chi connectivity index (χ2n) is 6.04. The van der Waals surface area contributed by atoms with Gasteiger partial charge in [0.15, 0.2) is 5.65 Å². The number of aryl methyl sites for hydroxylation is 1. The molecule has 3 heterocycles. The number of hydrogen-bond donors (Lipinski definition) is 1. The first-order chi connectivity index (χ1) is 12.2. The summed E-state index contributed by atoms with van der Waals surface area (Å²) < 4.78 is 3.91. The Morgan fingerprint density at radius 2 is 1.96 bits per heavy atom. The van der Waals surface area contributed by atoms with Crippen molar-refractivity contribution in [1.82, 2.24) is 24.1 Å². The largest absolute Gasteiger partial charge is 0.369 e. The molecule has 4 rings (SSSR count). The molecular formula is C19H20N6. The minimum atomic E-state index is 0.822. The molecule has 0 atom stereocenters. The van der Waals surface area contributed by atoms with Gasteiger partial charge in [-0.3, -0.25) is 14.1 Å². The van der Waals surface area contributed by atoms with Crippen molar-refractivity contribution < 1.29 is 0 Å². The van der Waals surface area contributed by atoms with E-state index < -0.39 is 0 Å². The number of nitrogens with one attached hydrogen (secondary N) is 1. The lowest BCUT2D eigenvalue weighted by molar-refractivity contribution is 0.740. The lowest BCUT2D eigenvalue weighted by atomic mass is 10.1. The Labute approximate surface area is 146 Å². The van der Waals surface area contributed by atoms with Gasteiger partial charge >= 0.3 is 0 Å². The van der Waals surface area contributed by atoms with Gasteiger partial charge in [-0.1, -0.05) is 30.3 Å². The monoisotopic (exact) mass is 332 g/mol. The highest BCUT2D eigenvalue weighted by atomic mass is 15.3. The Morgan fingerprint density at radius 3 is 2.72 bits per heavy atom. The third-order valence-corrected chi connectivity index (χ3v) is 4.47. The maximum Gasteiger partial charge on any atom is 0.157 e. The fraction of sp³-hybridized carbons (Fsp3) is 0.211. The van der Waals surface area contributed by atoms with Crippen molar-refractivity contribution in [2.45, 2.75) is 13.3 Å². The molecule has 126 valence electrons. The van der Waals surface area contributed by atoms with Crippen LogP contribution < -0.4 is 5.32 Å². The molecule has 0 fully saturated rings. The van der Waals surface area contributed by atoms with E-state index in [9.17, 15) is 0 Å². The first-order valence-electron chi connectivity index (χ1n) is 8.33. The summed E-state index contributed by atoms with van der Waals surface area (Å²) in [5, 5.41) is 7.91. The van der Waals surface area contributed by atoms with E-state index in [4.69, 9.17) is 4.98 Å². The third kappa shape index (κ3) is 2.87. The number of imidazole rings is 1. The molecule has 0 radical (unpaired) electrons.